The van der Waals surface area contributed by atoms with Gasteiger partial charge in [0.05, 0.1) is 44.6 Å². The molecule has 206 valence electrons. The third-order valence-electron chi connectivity index (χ3n) is 7.84. The Morgan fingerprint density at radius 3 is 2.67 bits per heavy atom. The number of fused-ring (bicyclic) bond motifs is 2. The Labute approximate surface area is 233 Å². The van der Waals surface area contributed by atoms with E-state index in [-0.39, 0.29) is 29.3 Å². The number of aromatic nitrogens is 4. The molecule has 1 unspecified atom stereocenters. The van der Waals surface area contributed by atoms with Gasteiger partial charge in [-0.1, -0.05) is 19.0 Å². The topological polar surface area (TPSA) is 148 Å². The number of rotatable bonds is 7. The standard InChI is InChI=1S/C26H32N8O3S2/c1-12-17(23-31-19-16(38-23)9-10-28-18(19)13-7-8-13)22(32-24(29-12)39(6)35)30-15-11-14(25(2,3)33-34-27)20-21(15)37-26(4,5)36-20/h9-10,13-15,20-21H,7-8,11H2,1-6H3,(H,29,30,32)/t14-,15+,20+,21-,39?/m0/s1. The summed E-state index contributed by atoms with van der Waals surface area (Å²) in [6.07, 6.45) is 5.79. The molecule has 2 saturated carbocycles. The van der Waals surface area contributed by atoms with Crippen LogP contribution in [0, 0.1) is 12.8 Å². The van der Waals surface area contributed by atoms with E-state index in [4.69, 9.17) is 19.4 Å². The molecule has 0 aromatic carbocycles. The molecule has 0 amide bonds. The van der Waals surface area contributed by atoms with Crippen LogP contribution in [0.15, 0.2) is 22.5 Å². The van der Waals surface area contributed by atoms with Crippen molar-refractivity contribution < 1.29 is 13.7 Å². The Hall–Kier alpha value is -2.70. The zero-order chi connectivity index (χ0) is 27.7. The van der Waals surface area contributed by atoms with Crippen LogP contribution < -0.4 is 5.32 Å². The minimum atomic E-state index is -1.38. The van der Waals surface area contributed by atoms with Crippen molar-refractivity contribution in [2.75, 3.05) is 11.6 Å². The maximum absolute atomic E-state index is 12.5. The zero-order valence-electron chi connectivity index (χ0n) is 22.8. The van der Waals surface area contributed by atoms with Crippen LogP contribution in [0.5, 0.6) is 0 Å². The summed E-state index contributed by atoms with van der Waals surface area (Å²) in [6.45, 7) is 9.54. The molecule has 4 heterocycles. The van der Waals surface area contributed by atoms with Crippen LogP contribution in [0.25, 0.3) is 31.2 Å². The fourth-order valence-corrected chi connectivity index (χ4v) is 7.40. The van der Waals surface area contributed by atoms with Gasteiger partial charge in [-0.15, -0.1) is 11.3 Å². The first-order chi connectivity index (χ1) is 18.5. The van der Waals surface area contributed by atoms with Gasteiger partial charge in [0.15, 0.2) is 5.79 Å². The molecule has 2 aliphatic carbocycles. The van der Waals surface area contributed by atoms with E-state index >= 15 is 0 Å². The smallest absolute Gasteiger partial charge is 0.220 e. The SMILES string of the molecule is Cc1nc(S(C)=O)nc(N[C@@H]2C[C@H](C(C)(C)N=[N+]=[N-])[C@H]3OC(C)(C)O[C@H]32)c1-c1nc2c(C3CC3)nccc2s1. The summed E-state index contributed by atoms with van der Waals surface area (Å²) in [5.41, 5.74) is 12.0. The van der Waals surface area contributed by atoms with Crippen molar-refractivity contribution in [1.29, 1.82) is 0 Å². The van der Waals surface area contributed by atoms with Crippen LogP contribution in [-0.4, -0.2) is 60.0 Å². The highest BCUT2D eigenvalue weighted by atomic mass is 32.2. The molecule has 13 heteroatoms. The molecule has 3 fully saturated rings. The van der Waals surface area contributed by atoms with E-state index in [1.807, 2.05) is 46.9 Å². The molecule has 1 N–H and O–H groups in total. The first-order valence-electron chi connectivity index (χ1n) is 13.1. The van der Waals surface area contributed by atoms with Gasteiger partial charge in [0.2, 0.25) is 5.16 Å². The number of azide groups is 1. The molecular weight excluding hydrogens is 536 g/mol. The van der Waals surface area contributed by atoms with Crippen molar-refractivity contribution in [2.45, 2.75) is 94.5 Å². The molecule has 1 aliphatic heterocycles. The lowest BCUT2D eigenvalue weighted by atomic mass is 9.85. The first-order valence-corrected chi connectivity index (χ1v) is 15.5. The van der Waals surface area contributed by atoms with Gasteiger partial charge < -0.3 is 14.8 Å². The number of nitrogens with zero attached hydrogens (tertiary/aromatic N) is 7. The van der Waals surface area contributed by atoms with Gasteiger partial charge >= 0.3 is 0 Å². The highest BCUT2D eigenvalue weighted by Crippen LogP contribution is 2.49. The summed E-state index contributed by atoms with van der Waals surface area (Å²) in [4.78, 5) is 22.1. The Morgan fingerprint density at radius 1 is 1.23 bits per heavy atom. The van der Waals surface area contributed by atoms with Crippen LogP contribution in [0.4, 0.5) is 5.82 Å². The number of anilines is 1. The summed E-state index contributed by atoms with van der Waals surface area (Å²) in [7, 11) is -1.38. The lowest BCUT2D eigenvalue weighted by Crippen LogP contribution is -2.38. The highest BCUT2D eigenvalue weighted by Gasteiger charge is 2.57. The average Bonchev–Trinajstić information content (AvgIpc) is 3.41. The molecule has 3 aromatic heterocycles. The van der Waals surface area contributed by atoms with Crippen molar-refractivity contribution >= 4 is 38.2 Å². The molecule has 0 bridgehead atoms. The second kappa shape index (κ2) is 9.45. The Kier molecular flexibility index (Phi) is 6.42. The van der Waals surface area contributed by atoms with Gasteiger partial charge in [-0.2, -0.15) is 0 Å². The highest BCUT2D eigenvalue weighted by molar-refractivity contribution is 7.84. The maximum atomic E-state index is 12.5. The summed E-state index contributed by atoms with van der Waals surface area (Å²) in [5, 5.41) is 8.75. The molecule has 3 aliphatic rings. The minimum Gasteiger partial charge on any atom is -0.364 e. The summed E-state index contributed by atoms with van der Waals surface area (Å²) >= 11 is 1.58. The van der Waals surface area contributed by atoms with Crippen LogP contribution in [0.3, 0.4) is 0 Å². The molecule has 11 nitrogen and oxygen atoms in total. The number of pyridine rings is 1. The van der Waals surface area contributed by atoms with E-state index < -0.39 is 22.1 Å². The second-order valence-electron chi connectivity index (χ2n) is 11.6. The van der Waals surface area contributed by atoms with E-state index in [0.29, 0.717) is 23.9 Å². The molecule has 5 atom stereocenters. The lowest BCUT2D eigenvalue weighted by molar-refractivity contribution is -0.159. The van der Waals surface area contributed by atoms with Crippen molar-refractivity contribution in [3.8, 4) is 10.6 Å². The number of thiazole rings is 1. The van der Waals surface area contributed by atoms with E-state index in [1.165, 1.54) is 0 Å². The number of aryl methyl sites for hydroxylation is 1. The Bertz CT molecular complexity index is 1530. The normalized spacial score (nSPS) is 26.8. The Balaban J connectivity index is 1.43. The van der Waals surface area contributed by atoms with Gasteiger partial charge in [0.1, 0.15) is 22.4 Å². The average molecular weight is 569 g/mol. The van der Waals surface area contributed by atoms with Gasteiger partial charge in [0, 0.05) is 34.7 Å². The fourth-order valence-electron chi connectivity index (χ4n) is 5.85. The molecule has 6 rings (SSSR count). The van der Waals surface area contributed by atoms with Gasteiger partial charge in [0.25, 0.3) is 0 Å². The first kappa shape index (κ1) is 26.5. The predicted molar refractivity (Wildman–Crippen MR) is 150 cm³/mol. The predicted octanol–water partition coefficient (Wildman–Crippen LogP) is 5.48. The third-order valence-corrected chi connectivity index (χ3v) is 9.57. The number of ether oxygens (including phenoxy) is 2. The van der Waals surface area contributed by atoms with Crippen molar-refractivity contribution in [3.63, 3.8) is 0 Å². The van der Waals surface area contributed by atoms with Crippen molar-refractivity contribution in [3.05, 3.63) is 34.1 Å². The van der Waals surface area contributed by atoms with Gasteiger partial charge in [-0.3, -0.25) is 9.19 Å². The molecule has 0 radical (unpaired) electrons. The molecular formula is C26H32N8O3S2. The maximum Gasteiger partial charge on any atom is 0.220 e. The van der Waals surface area contributed by atoms with E-state index in [9.17, 15) is 9.74 Å². The molecule has 1 saturated heterocycles. The molecule has 39 heavy (non-hydrogen) atoms. The zero-order valence-corrected chi connectivity index (χ0v) is 24.5. The van der Waals surface area contributed by atoms with E-state index in [2.05, 4.69) is 25.3 Å². The third kappa shape index (κ3) is 4.80. The van der Waals surface area contributed by atoms with Gasteiger partial charge in [-0.25, -0.2) is 15.0 Å². The van der Waals surface area contributed by atoms with Crippen LogP contribution in [-0.2, 0) is 20.3 Å². The van der Waals surface area contributed by atoms with Gasteiger partial charge in [-0.05, 0) is 51.6 Å². The van der Waals surface area contributed by atoms with Crippen molar-refractivity contribution in [1.82, 2.24) is 19.9 Å². The van der Waals surface area contributed by atoms with Crippen LogP contribution in [0.1, 0.15) is 64.3 Å². The minimum absolute atomic E-state index is 0.0848. The van der Waals surface area contributed by atoms with E-state index in [0.717, 1.165) is 39.3 Å². The quantitative estimate of drug-likeness (QED) is 0.170. The number of hydrogen-bond donors (Lipinski definition) is 1. The lowest BCUT2D eigenvalue weighted by Gasteiger charge is -2.31. The summed E-state index contributed by atoms with van der Waals surface area (Å²) in [5.74, 6) is 0.170. The monoisotopic (exact) mass is 568 g/mol. The Morgan fingerprint density at radius 2 is 1.97 bits per heavy atom. The number of nitrogens with one attached hydrogen (secondary N) is 1. The van der Waals surface area contributed by atoms with Crippen LogP contribution in [0.2, 0.25) is 0 Å². The molecule has 3 aromatic rings. The molecule has 0 spiro atoms. The van der Waals surface area contributed by atoms with Crippen molar-refractivity contribution in [2.24, 2.45) is 11.0 Å². The largest absolute Gasteiger partial charge is 0.364 e. The summed E-state index contributed by atoms with van der Waals surface area (Å²) < 4.78 is 26.2. The number of hydrogen-bond acceptors (Lipinski definition) is 10. The summed E-state index contributed by atoms with van der Waals surface area (Å²) in [6, 6.07) is 1.80. The van der Waals surface area contributed by atoms with E-state index in [1.54, 1.807) is 17.6 Å². The van der Waals surface area contributed by atoms with Crippen LogP contribution >= 0.6 is 11.3 Å². The fraction of sp³-hybridized carbons (Fsp3) is 0.615. The second-order valence-corrected chi connectivity index (χ2v) is 13.9.